The topological polar surface area (TPSA) is 44.8 Å². The Kier molecular flexibility index (Phi) is 5.53. The molecule has 1 N–H and O–H groups in total. The number of anilines is 2. The number of piperidine rings is 1. The van der Waals surface area contributed by atoms with E-state index < -0.39 is 5.66 Å². The SMILES string of the molecule is COc1ccc(N2C(=O)c3ccccc3NC23CCN(Cc2ccccc2Cl)CC3)cc1. The van der Waals surface area contributed by atoms with Crippen molar-refractivity contribution in [3.8, 4) is 5.75 Å². The van der Waals surface area contributed by atoms with E-state index in [9.17, 15) is 4.79 Å². The van der Waals surface area contributed by atoms with Crippen LogP contribution >= 0.6 is 11.6 Å². The maximum atomic E-state index is 13.7. The van der Waals surface area contributed by atoms with Crippen LogP contribution in [0, 0.1) is 0 Å². The zero-order valence-electron chi connectivity index (χ0n) is 18.1. The molecule has 2 aliphatic heterocycles. The van der Waals surface area contributed by atoms with E-state index in [2.05, 4.69) is 16.3 Å². The highest BCUT2D eigenvalue weighted by Gasteiger charge is 2.47. The smallest absolute Gasteiger partial charge is 0.262 e. The number of likely N-dealkylation sites (tertiary alicyclic amines) is 1. The van der Waals surface area contributed by atoms with Crippen molar-refractivity contribution in [1.82, 2.24) is 4.90 Å². The Labute approximate surface area is 193 Å². The molecule has 6 heteroatoms. The predicted molar refractivity (Wildman–Crippen MR) is 129 cm³/mol. The van der Waals surface area contributed by atoms with E-state index in [1.54, 1.807) is 7.11 Å². The number of fused-ring (bicyclic) bond motifs is 1. The quantitative estimate of drug-likeness (QED) is 0.580. The molecule has 3 aromatic rings. The molecule has 1 fully saturated rings. The summed E-state index contributed by atoms with van der Waals surface area (Å²) in [5.41, 5.74) is 3.14. The lowest BCUT2D eigenvalue weighted by molar-refractivity contribution is 0.0904. The van der Waals surface area contributed by atoms with Gasteiger partial charge in [-0.3, -0.25) is 14.6 Å². The lowest BCUT2D eigenvalue weighted by atomic mass is 9.89. The number of nitrogens with one attached hydrogen (secondary N) is 1. The van der Waals surface area contributed by atoms with Crippen LogP contribution in [0.2, 0.25) is 5.02 Å². The molecule has 1 saturated heterocycles. The van der Waals surface area contributed by atoms with Crippen molar-refractivity contribution in [3.05, 3.63) is 88.9 Å². The number of rotatable bonds is 4. The minimum Gasteiger partial charge on any atom is -0.497 e. The number of carbonyl (C=O) groups is 1. The van der Waals surface area contributed by atoms with Crippen molar-refractivity contribution < 1.29 is 9.53 Å². The van der Waals surface area contributed by atoms with Crippen LogP contribution in [0.3, 0.4) is 0 Å². The van der Waals surface area contributed by atoms with Gasteiger partial charge >= 0.3 is 0 Å². The number of nitrogens with zero attached hydrogens (tertiary/aromatic N) is 2. The summed E-state index contributed by atoms with van der Waals surface area (Å²) in [7, 11) is 1.65. The van der Waals surface area contributed by atoms with Crippen LogP contribution in [0.1, 0.15) is 28.8 Å². The monoisotopic (exact) mass is 447 g/mol. The van der Waals surface area contributed by atoms with Crippen molar-refractivity contribution >= 4 is 28.9 Å². The van der Waals surface area contributed by atoms with Crippen LogP contribution < -0.4 is 15.0 Å². The Balaban J connectivity index is 1.45. The molecule has 5 nitrogen and oxygen atoms in total. The summed E-state index contributed by atoms with van der Waals surface area (Å²) in [5, 5.41) is 4.54. The van der Waals surface area contributed by atoms with E-state index in [0.29, 0.717) is 5.56 Å². The molecule has 1 spiro atoms. The first kappa shape index (κ1) is 20.9. The number of halogens is 1. The van der Waals surface area contributed by atoms with Gasteiger partial charge in [-0.05, 0) is 48.0 Å². The Morgan fingerprint density at radius 1 is 0.969 bits per heavy atom. The van der Waals surface area contributed by atoms with E-state index >= 15 is 0 Å². The molecule has 32 heavy (non-hydrogen) atoms. The molecule has 0 aliphatic carbocycles. The molecule has 5 rings (SSSR count). The highest BCUT2D eigenvalue weighted by atomic mass is 35.5. The van der Waals surface area contributed by atoms with Crippen LogP contribution in [0.4, 0.5) is 11.4 Å². The summed E-state index contributed by atoms with van der Waals surface area (Å²) >= 11 is 6.39. The Bertz CT molecular complexity index is 1120. The van der Waals surface area contributed by atoms with Gasteiger partial charge in [0.05, 0.1) is 12.7 Å². The molecule has 0 saturated carbocycles. The summed E-state index contributed by atoms with van der Waals surface area (Å²) in [6.07, 6.45) is 1.62. The molecule has 3 aromatic carbocycles. The third kappa shape index (κ3) is 3.72. The van der Waals surface area contributed by atoms with Crippen LogP contribution in [0.5, 0.6) is 5.75 Å². The Hall–Kier alpha value is -3.02. The summed E-state index contributed by atoms with van der Waals surface area (Å²) in [6.45, 7) is 2.53. The highest BCUT2D eigenvalue weighted by molar-refractivity contribution is 6.31. The molecular weight excluding hydrogens is 422 g/mol. The molecule has 0 atom stereocenters. The third-order valence-corrected chi connectivity index (χ3v) is 6.89. The minimum absolute atomic E-state index is 0.0315. The van der Waals surface area contributed by atoms with Crippen LogP contribution in [0.15, 0.2) is 72.8 Å². The molecular formula is C26H26ClN3O2. The van der Waals surface area contributed by atoms with Gasteiger partial charge in [0.25, 0.3) is 5.91 Å². The van der Waals surface area contributed by atoms with Gasteiger partial charge in [-0.2, -0.15) is 0 Å². The summed E-state index contributed by atoms with van der Waals surface area (Å²) < 4.78 is 5.32. The molecule has 0 unspecified atom stereocenters. The van der Waals surface area contributed by atoms with Gasteiger partial charge in [0.15, 0.2) is 0 Å². The van der Waals surface area contributed by atoms with Crippen LogP contribution in [0.25, 0.3) is 0 Å². The van der Waals surface area contributed by atoms with Crippen molar-refractivity contribution in [2.75, 3.05) is 30.4 Å². The van der Waals surface area contributed by atoms with Gasteiger partial charge in [-0.15, -0.1) is 0 Å². The fraction of sp³-hybridized carbons (Fsp3) is 0.269. The fourth-order valence-electron chi connectivity index (χ4n) is 4.79. The first-order valence-corrected chi connectivity index (χ1v) is 11.3. The number of ether oxygens (including phenoxy) is 1. The third-order valence-electron chi connectivity index (χ3n) is 6.52. The number of carbonyl (C=O) groups excluding carboxylic acids is 1. The Morgan fingerprint density at radius 3 is 2.38 bits per heavy atom. The molecule has 0 bridgehead atoms. The average molecular weight is 448 g/mol. The largest absolute Gasteiger partial charge is 0.497 e. The van der Waals surface area contributed by atoms with Gasteiger partial charge in [-0.25, -0.2) is 0 Å². The van der Waals surface area contributed by atoms with Gasteiger partial charge in [0.1, 0.15) is 11.4 Å². The lowest BCUT2D eigenvalue weighted by Gasteiger charge is -2.52. The van der Waals surface area contributed by atoms with Crippen LogP contribution in [-0.4, -0.2) is 36.7 Å². The standard InChI is InChI=1S/C26H26ClN3O2/c1-32-21-12-10-20(11-13-21)30-25(31)22-7-3-5-9-24(22)28-26(30)14-16-29(17-15-26)18-19-6-2-4-8-23(19)27/h2-13,28H,14-18H2,1H3. The minimum atomic E-state index is -0.475. The predicted octanol–water partition coefficient (Wildman–Crippen LogP) is 5.41. The summed E-state index contributed by atoms with van der Waals surface area (Å²) in [6, 6.07) is 23.5. The summed E-state index contributed by atoms with van der Waals surface area (Å²) in [4.78, 5) is 18.0. The maximum absolute atomic E-state index is 13.7. The van der Waals surface area contributed by atoms with E-state index in [4.69, 9.17) is 16.3 Å². The number of para-hydroxylation sites is 1. The van der Waals surface area contributed by atoms with Gasteiger partial charge < -0.3 is 10.1 Å². The first-order chi connectivity index (χ1) is 15.6. The second-order valence-electron chi connectivity index (χ2n) is 8.41. The van der Waals surface area contributed by atoms with Crippen LogP contribution in [-0.2, 0) is 6.54 Å². The number of methoxy groups -OCH3 is 1. The Morgan fingerprint density at radius 2 is 1.66 bits per heavy atom. The van der Waals surface area contributed by atoms with E-state index in [-0.39, 0.29) is 5.91 Å². The normalized spacial score (nSPS) is 17.7. The molecule has 2 aliphatic rings. The molecule has 1 amide bonds. The zero-order valence-corrected chi connectivity index (χ0v) is 18.8. The summed E-state index contributed by atoms with van der Waals surface area (Å²) in [5.74, 6) is 0.805. The number of benzene rings is 3. The first-order valence-electron chi connectivity index (χ1n) is 10.9. The lowest BCUT2D eigenvalue weighted by Crippen LogP contribution is -2.64. The second-order valence-corrected chi connectivity index (χ2v) is 8.82. The van der Waals surface area contributed by atoms with Crippen molar-refractivity contribution in [2.24, 2.45) is 0 Å². The van der Waals surface area contributed by atoms with E-state index in [0.717, 1.165) is 60.2 Å². The number of amides is 1. The van der Waals surface area contributed by atoms with E-state index in [1.165, 1.54) is 0 Å². The van der Waals surface area contributed by atoms with Crippen molar-refractivity contribution in [3.63, 3.8) is 0 Å². The second kappa shape index (κ2) is 8.49. The van der Waals surface area contributed by atoms with Crippen molar-refractivity contribution in [2.45, 2.75) is 25.0 Å². The number of hydrogen-bond donors (Lipinski definition) is 1. The van der Waals surface area contributed by atoms with E-state index in [1.807, 2.05) is 71.6 Å². The average Bonchev–Trinajstić information content (AvgIpc) is 2.82. The molecule has 0 radical (unpaired) electrons. The zero-order chi connectivity index (χ0) is 22.1. The van der Waals surface area contributed by atoms with Gasteiger partial charge in [-0.1, -0.05) is 41.9 Å². The van der Waals surface area contributed by atoms with Gasteiger partial charge in [0, 0.05) is 48.9 Å². The molecule has 0 aromatic heterocycles. The highest BCUT2D eigenvalue weighted by Crippen LogP contribution is 2.41. The molecule has 2 heterocycles. The fourth-order valence-corrected chi connectivity index (χ4v) is 4.99. The maximum Gasteiger partial charge on any atom is 0.262 e. The van der Waals surface area contributed by atoms with Crippen molar-refractivity contribution in [1.29, 1.82) is 0 Å². The van der Waals surface area contributed by atoms with Gasteiger partial charge in [0.2, 0.25) is 0 Å². The number of hydrogen-bond acceptors (Lipinski definition) is 4. The molecule has 164 valence electrons.